The lowest BCUT2D eigenvalue weighted by atomic mass is 9.92. The Morgan fingerprint density at radius 3 is 2.30 bits per heavy atom. The van der Waals surface area contributed by atoms with Gasteiger partial charge in [0.25, 0.3) is 0 Å². The lowest BCUT2D eigenvalue weighted by molar-refractivity contribution is 0.415. The molecule has 1 heterocycles. The van der Waals surface area contributed by atoms with Crippen LogP contribution in [0.2, 0.25) is 0 Å². The highest BCUT2D eigenvalue weighted by Gasteiger charge is 2.36. The van der Waals surface area contributed by atoms with Gasteiger partial charge in [0.15, 0.2) is 0 Å². The van der Waals surface area contributed by atoms with Crippen LogP contribution in [0.1, 0.15) is 23.6 Å². The summed E-state index contributed by atoms with van der Waals surface area (Å²) >= 11 is 0. The second-order valence-electron chi connectivity index (χ2n) is 6.52. The van der Waals surface area contributed by atoms with Crippen molar-refractivity contribution in [3.8, 4) is 5.75 Å². The van der Waals surface area contributed by atoms with Crippen molar-refractivity contribution in [2.45, 2.75) is 12.5 Å². The second kappa shape index (κ2) is 7.50. The fourth-order valence-corrected chi connectivity index (χ4v) is 3.38. The van der Waals surface area contributed by atoms with Crippen molar-refractivity contribution in [1.29, 1.82) is 0 Å². The first-order valence-corrected chi connectivity index (χ1v) is 9.07. The van der Waals surface area contributed by atoms with Crippen LogP contribution in [0.3, 0.4) is 0 Å². The summed E-state index contributed by atoms with van der Waals surface area (Å²) < 4.78 is 5.30. The van der Waals surface area contributed by atoms with Crippen molar-refractivity contribution in [2.75, 3.05) is 12.0 Å². The van der Waals surface area contributed by atoms with Crippen molar-refractivity contribution in [1.82, 2.24) is 0 Å². The van der Waals surface area contributed by atoms with Gasteiger partial charge in [0.05, 0.1) is 18.8 Å². The third-order valence-electron chi connectivity index (χ3n) is 4.89. The first-order valence-electron chi connectivity index (χ1n) is 9.07. The molecule has 0 bridgehead atoms. The monoisotopic (exact) mass is 354 g/mol. The molecule has 3 aromatic rings. The fraction of sp³-hybridized carbons (Fsp3) is 0.125. The molecule has 1 unspecified atom stereocenters. The van der Waals surface area contributed by atoms with E-state index in [4.69, 9.17) is 9.73 Å². The molecule has 1 saturated heterocycles. The number of aliphatic imine (C=N–C) groups is 1. The van der Waals surface area contributed by atoms with Gasteiger partial charge in [-0.1, -0.05) is 55.1 Å². The predicted molar refractivity (Wildman–Crippen MR) is 113 cm³/mol. The zero-order valence-electron chi connectivity index (χ0n) is 15.4. The van der Waals surface area contributed by atoms with Gasteiger partial charge < -0.3 is 9.64 Å². The van der Waals surface area contributed by atoms with E-state index < -0.39 is 0 Å². The minimum absolute atomic E-state index is 0.297. The summed E-state index contributed by atoms with van der Waals surface area (Å²) in [6.07, 6.45) is 2.76. The lowest BCUT2D eigenvalue weighted by Gasteiger charge is -2.44. The number of nitrogens with zero attached hydrogens (tertiary/aromatic N) is 2. The Morgan fingerprint density at radius 2 is 1.67 bits per heavy atom. The van der Waals surface area contributed by atoms with Crippen LogP contribution in [0.15, 0.2) is 90.4 Å². The quantitative estimate of drug-likeness (QED) is 0.560. The van der Waals surface area contributed by atoms with Crippen LogP contribution in [0.25, 0.3) is 6.08 Å². The largest absolute Gasteiger partial charge is 0.497 e. The number of rotatable bonds is 5. The van der Waals surface area contributed by atoms with Crippen LogP contribution < -0.4 is 9.64 Å². The molecule has 0 spiro atoms. The third-order valence-corrected chi connectivity index (χ3v) is 4.89. The predicted octanol–water partition coefficient (Wildman–Crippen LogP) is 6.02. The molecule has 1 atom stereocenters. The normalized spacial score (nSPS) is 17.4. The average Bonchev–Trinajstić information content (AvgIpc) is 2.72. The highest BCUT2D eigenvalue weighted by molar-refractivity contribution is 6.06. The Kier molecular flexibility index (Phi) is 4.75. The maximum Gasteiger partial charge on any atom is 0.119 e. The molecule has 0 saturated carbocycles. The Bertz CT molecular complexity index is 944. The van der Waals surface area contributed by atoms with Gasteiger partial charge in [-0.25, -0.2) is 4.99 Å². The smallest absolute Gasteiger partial charge is 0.119 e. The summed E-state index contributed by atoms with van der Waals surface area (Å²) in [5, 5.41) is 0. The molecule has 134 valence electrons. The van der Waals surface area contributed by atoms with Gasteiger partial charge >= 0.3 is 0 Å². The van der Waals surface area contributed by atoms with Crippen LogP contribution in [0.4, 0.5) is 11.4 Å². The molecule has 3 aromatic carbocycles. The van der Waals surface area contributed by atoms with Gasteiger partial charge in [0.1, 0.15) is 11.6 Å². The van der Waals surface area contributed by atoms with Crippen molar-refractivity contribution in [3.63, 3.8) is 0 Å². The molecule has 3 nitrogen and oxygen atoms in total. The summed E-state index contributed by atoms with van der Waals surface area (Å²) in [6, 6.07) is 27.2. The highest BCUT2D eigenvalue weighted by atomic mass is 16.5. The molecule has 3 heteroatoms. The minimum Gasteiger partial charge on any atom is -0.497 e. The molecule has 0 aliphatic carbocycles. The fourth-order valence-electron chi connectivity index (χ4n) is 3.38. The van der Waals surface area contributed by atoms with Gasteiger partial charge in [0.2, 0.25) is 0 Å². The van der Waals surface area contributed by atoms with Gasteiger partial charge in [-0.15, -0.1) is 0 Å². The Morgan fingerprint density at radius 1 is 0.963 bits per heavy atom. The van der Waals surface area contributed by atoms with Crippen LogP contribution in [-0.4, -0.2) is 12.9 Å². The third kappa shape index (κ3) is 3.49. The van der Waals surface area contributed by atoms with Gasteiger partial charge in [-0.3, -0.25) is 0 Å². The zero-order chi connectivity index (χ0) is 18.6. The van der Waals surface area contributed by atoms with Crippen LogP contribution >= 0.6 is 0 Å². The summed E-state index contributed by atoms with van der Waals surface area (Å²) in [6.45, 7) is 3.80. The summed E-state index contributed by atoms with van der Waals surface area (Å²) in [4.78, 5) is 7.19. The van der Waals surface area contributed by atoms with Gasteiger partial charge in [-0.2, -0.15) is 0 Å². The van der Waals surface area contributed by atoms with Crippen molar-refractivity contribution in [3.05, 3.63) is 96.6 Å². The molecular formula is C24H22N2O. The van der Waals surface area contributed by atoms with Crippen LogP contribution in [0.5, 0.6) is 5.75 Å². The van der Waals surface area contributed by atoms with Gasteiger partial charge in [-0.05, 0) is 47.5 Å². The number of anilines is 1. The van der Waals surface area contributed by atoms with Gasteiger partial charge in [0, 0.05) is 12.1 Å². The van der Waals surface area contributed by atoms with E-state index in [1.165, 1.54) is 5.56 Å². The van der Waals surface area contributed by atoms with E-state index in [9.17, 15) is 0 Å². The van der Waals surface area contributed by atoms with E-state index in [0.29, 0.717) is 6.04 Å². The molecule has 1 fully saturated rings. The molecule has 0 aromatic heterocycles. The van der Waals surface area contributed by atoms with E-state index in [-0.39, 0.29) is 0 Å². The van der Waals surface area contributed by atoms with E-state index in [1.54, 1.807) is 7.11 Å². The topological polar surface area (TPSA) is 24.8 Å². The van der Waals surface area contributed by atoms with Crippen molar-refractivity contribution >= 4 is 23.3 Å². The van der Waals surface area contributed by atoms with E-state index in [0.717, 1.165) is 34.9 Å². The Labute approximate surface area is 160 Å². The first kappa shape index (κ1) is 17.1. The van der Waals surface area contributed by atoms with Crippen LogP contribution in [0, 0.1) is 0 Å². The number of methoxy groups -OCH3 is 1. The molecule has 0 N–H and O–H groups in total. The average molecular weight is 354 g/mol. The molecule has 1 aliphatic rings. The maximum absolute atomic E-state index is 5.30. The second-order valence-corrected chi connectivity index (χ2v) is 6.52. The van der Waals surface area contributed by atoms with Crippen molar-refractivity contribution in [2.24, 2.45) is 4.99 Å². The molecule has 0 amide bonds. The number of ether oxygens (including phenoxy) is 1. The highest BCUT2D eigenvalue weighted by Crippen LogP contribution is 2.41. The van der Waals surface area contributed by atoms with E-state index in [2.05, 4.69) is 53.9 Å². The number of benzene rings is 3. The molecule has 4 rings (SSSR count). The minimum atomic E-state index is 0.297. The molecule has 27 heavy (non-hydrogen) atoms. The first-order chi connectivity index (χ1) is 13.3. The number of hydrogen-bond acceptors (Lipinski definition) is 2. The molecule has 0 radical (unpaired) electrons. The van der Waals surface area contributed by atoms with Crippen LogP contribution in [-0.2, 0) is 0 Å². The molecular weight excluding hydrogens is 332 g/mol. The summed E-state index contributed by atoms with van der Waals surface area (Å²) in [5.41, 5.74) is 4.48. The van der Waals surface area contributed by atoms with Crippen molar-refractivity contribution < 1.29 is 4.74 Å². The number of hydrogen-bond donors (Lipinski definition) is 0. The zero-order valence-corrected chi connectivity index (χ0v) is 15.4. The standard InChI is InChI=1S/C24H22N2O/c1-3-18-9-11-20(12-10-18)25-24-17-23(19-7-5-4-6-8-19)26(24)21-13-15-22(27-2)16-14-21/h3-16,23H,1,17H2,2H3/b25-24+. The number of amidine groups is 1. The Balaban J connectivity index is 1.67. The van der Waals surface area contributed by atoms with E-state index in [1.807, 2.05) is 42.5 Å². The lowest BCUT2D eigenvalue weighted by Crippen LogP contribution is -2.46. The molecule has 1 aliphatic heterocycles. The Hall–Kier alpha value is -3.33. The maximum atomic E-state index is 5.30. The SMILES string of the molecule is C=Cc1ccc(/N=C2\CC(c3ccccc3)N2c2ccc(OC)cc2)cc1. The summed E-state index contributed by atoms with van der Waals surface area (Å²) in [5.74, 6) is 1.93. The summed E-state index contributed by atoms with van der Waals surface area (Å²) in [7, 11) is 1.69. The van der Waals surface area contributed by atoms with E-state index >= 15 is 0 Å².